The van der Waals surface area contributed by atoms with Gasteiger partial charge in [-0.3, -0.25) is 13.9 Å². The number of rotatable bonds is 11. The Balaban J connectivity index is 2.05. The summed E-state index contributed by atoms with van der Waals surface area (Å²) >= 11 is 12.8. The first-order valence-corrected chi connectivity index (χ1v) is 15.2. The topological polar surface area (TPSA) is 86.8 Å². The highest BCUT2D eigenvalue weighted by Crippen LogP contribution is 2.28. The molecular formula is C30H35Cl2N3O4S. The Morgan fingerprint density at radius 1 is 0.875 bits per heavy atom. The molecule has 1 unspecified atom stereocenters. The normalized spacial score (nSPS) is 12.2. The number of aryl methyl sites for hydroxylation is 2. The van der Waals surface area contributed by atoms with E-state index in [1.54, 1.807) is 55.5 Å². The zero-order valence-electron chi connectivity index (χ0n) is 23.3. The average Bonchev–Trinajstić information content (AvgIpc) is 2.89. The van der Waals surface area contributed by atoms with Crippen molar-refractivity contribution in [1.29, 1.82) is 0 Å². The van der Waals surface area contributed by atoms with E-state index in [0.717, 1.165) is 15.4 Å². The molecule has 0 fully saturated rings. The predicted octanol–water partition coefficient (Wildman–Crippen LogP) is 6.00. The summed E-state index contributed by atoms with van der Waals surface area (Å²) in [5.41, 5.74) is 2.53. The Bertz CT molecular complexity index is 1440. The minimum atomic E-state index is -4.14. The van der Waals surface area contributed by atoms with Crippen LogP contribution in [0.25, 0.3) is 0 Å². The van der Waals surface area contributed by atoms with Crippen LogP contribution in [0, 0.1) is 19.8 Å². The van der Waals surface area contributed by atoms with Gasteiger partial charge in [0, 0.05) is 28.7 Å². The molecule has 7 nitrogen and oxygen atoms in total. The number of hydrogen-bond donors (Lipinski definition) is 1. The van der Waals surface area contributed by atoms with Crippen molar-refractivity contribution in [3.8, 4) is 0 Å². The molecule has 0 spiro atoms. The number of halogens is 2. The number of hydrogen-bond acceptors (Lipinski definition) is 4. The molecule has 0 heterocycles. The van der Waals surface area contributed by atoms with Crippen molar-refractivity contribution in [3.63, 3.8) is 0 Å². The van der Waals surface area contributed by atoms with Gasteiger partial charge in [0.05, 0.1) is 10.6 Å². The summed E-state index contributed by atoms with van der Waals surface area (Å²) in [6, 6.07) is 17.4. The summed E-state index contributed by atoms with van der Waals surface area (Å²) in [6.45, 7) is 9.04. The fourth-order valence-corrected chi connectivity index (χ4v) is 5.96. The summed E-state index contributed by atoms with van der Waals surface area (Å²) in [5, 5.41) is 3.53. The van der Waals surface area contributed by atoms with Crippen LogP contribution in [0.15, 0.2) is 71.6 Å². The van der Waals surface area contributed by atoms with Crippen molar-refractivity contribution in [2.45, 2.75) is 52.1 Å². The SMILES string of the molecule is Cc1ccc(S(=O)(=O)N(CC(=O)N(Cc2c(Cl)cccc2Cl)C(C)C(=O)NCC(C)C)c2cccc(C)c2)cc1. The number of carbonyl (C=O) groups excluding carboxylic acids is 2. The molecule has 0 aliphatic rings. The highest BCUT2D eigenvalue weighted by atomic mass is 35.5. The lowest BCUT2D eigenvalue weighted by Crippen LogP contribution is -2.51. The predicted molar refractivity (Wildman–Crippen MR) is 161 cm³/mol. The smallest absolute Gasteiger partial charge is 0.264 e. The van der Waals surface area contributed by atoms with Crippen LogP contribution in [0.2, 0.25) is 10.0 Å². The minimum Gasteiger partial charge on any atom is -0.354 e. The molecule has 0 radical (unpaired) electrons. The molecule has 214 valence electrons. The molecule has 3 rings (SSSR count). The van der Waals surface area contributed by atoms with Gasteiger partial charge in [0.1, 0.15) is 12.6 Å². The first-order valence-electron chi connectivity index (χ1n) is 13.0. The number of benzene rings is 3. The van der Waals surface area contributed by atoms with Crippen LogP contribution in [0.5, 0.6) is 0 Å². The van der Waals surface area contributed by atoms with Gasteiger partial charge in [0.15, 0.2) is 0 Å². The summed E-state index contributed by atoms with van der Waals surface area (Å²) < 4.78 is 28.9. The first kappa shape index (κ1) is 31.5. The molecule has 2 amide bonds. The van der Waals surface area contributed by atoms with E-state index >= 15 is 0 Å². The largest absolute Gasteiger partial charge is 0.354 e. The molecule has 0 bridgehead atoms. The van der Waals surface area contributed by atoms with Gasteiger partial charge in [-0.1, -0.05) is 72.9 Å². The van der Waals surface area contributed by atoms with E-state index in [2.05, 4.69) is 5.32 Å². The van der Waals surface area contributed by atoms with Crippen LogP contribution in [0.4, 0.5) is 5.69 Å². The summed E-state index contributed by atoms with van der Waals surface area (Å²) in [7, 11) is -4.14. The number of amides is 2. The van der Waals surface area contributed by atoms with E-state index in [0.29, 0.717) is 27.8 Å². The van der Waals surface area contributed by atoms with Gasteiger partial charge in [-0.15, -0.1) is 0 Å². The number of carbonyl (C=O) groups is 2. The van der Waals surface area contributed by atoms with Gasteiger partial charge in [-0.2, -0.15) is 0 Å². The maximum absolute atomic E-state index is 14.0. The lowest BCUT2D eigenvalue weighted by molar-refractivity contribution is -0.139. The molecule has 1 N–H and O–H groups in total. The Morgan fingerprint density at radius 3 is 2.05 bits per heavy atom. The molecule has 0 saturated heterocycles. The molecule has 10 heteroatoms. The van der Waals surface area contributed by atoms with Crippen LogP contribution in [-0.4, -0.2) is 44.3 Å². The Hall–Kier alpha value is -3.07. The van der Waals surface area contributed by atoms with Crippen molar-refractivity contribution in [3.05, 3.63) is 93.5 Å². The van der Waals surface area contributed by atoms with E-state index in [1.807, 2.05) is 33.8 Å². The van der Waals surface area contributed by atoms with Gasteiger partial charge in [-0.25, -0.2) is 8.42 Å². The summed E-state index contributed by atoms with van der Waals surface area (Å²) in [5.74, 6) is -0.746. The van der Waals surface area contributed by atoms with Gasteiger partial charge in [0.2, 0.25) is 11.8 Å². The molecule has 0 aliphatic heterocycles. The highest BCUT2D eigenvalue weighted by Gasteiger charge is 2.33. The third-order valence-corrected chi connectivity index (χ3v) is 8.92. The Labute approximate surface area is 247 Å². The zero-order chi connectivity index (χ0) is 29.6. The number of anilines is 1. The van der Waals surface area contributed by atoms with Crippen molar-refractivity contribution in [1.82, 2.24) is 10.2 Å². The van der Waals surface area contributed by atoms with Crippen LogP contribution in [0.3, 0.4) is 0 Å². The summed E-state index contributed by atoms with van der Waals surface area (Å²) in [4.78, 5) is 28.5. The maximum Gasteiger partial charge on any atom is 0.264 e. The third kappa shape index (κ3) is 7.77. The van der Waals surface area contributed by atoms with E-state index in [1.165, 1.54) is 17.0 Å². The van der Waals surface area contributed by atoms with E-state index < -0.39 is 28.5 Å². The Kier molecular flexibility index (Phi) is 10.6. The van der Waals surface area contributed by atoms with Crippen LogP contribution >= 0.6 is 23.2 Å². The van der Waals surface area contributed by atoms with E-state index in [4.69, 9.17) is 23.2 Å². The van der Waals surface area contributed by atoms with Crippen LogP contribution in [-0.2, 0) is 26.2 Å². The molecule has 0 aliphatic carbocycles. The van der Waals surface area contributed by atoms with Gasteiger partial charge < -0.3 is 10.2 Å². The van der Waals surface area contributed by atoms with Gasteiger partial charge in [0.25, 0.3) is 10.0 Å². The van der Waals surface area contributed by atoms with Crippen molar-refractivity contribution in [2.24, 2.45) is 5.92 Å². The monoisotopic (exact) mass is 603 g/mol. The molecule has 40 heavy (non-hydrogen) atoms. The number of sulfonamides is 1. The molecule has 0 aromatic heterocycles. The lowest BCUT2D eigenvalue weighted by atomic mass is 10.1. The zero-order valence-corrected chi connectivity index (χ0v) is 25.6. The lowest BCUT2D eigenvalue weighted by Gasteiger charge is -2.32. The first-order chi connectivity index (χ1) is 18.8. The Morgan fingerprint density at radius 2 is 1.48 bits per heavy atom. The average molecular weight is 605 g/mol. The van der Waals surface area contributed by atoms with Crippen molar-refractivity contribution in [2.75, 3.05) is 17.4 Å². The fraction of sp³-hybridized carbons (Fsp3) is 0.333. The quantitative estimate of drug-likeness (QED) is 0.291. The molecule has 3 aromatic rings. The number of nitrogens with one attached hydrogen (secondary N) is 1. The number of nitrogens with zero attached hydrogens (tertiary/aromatic N) is 2. The molecule has 1 atom stereocenters. The highest BCUT2D eigenvalue weighted by molar-refractivity contribution is 7.92. The van der Waals surface area contributed by atoms with Gasteiger partial charge >= 0.3 is 0 Å². The van der Waals surface area contributed by atoms with Crippen molar-refractivity contribution >= 4 is 50.7 Å². The molecular weight excluding hydrogens is 569 g/mol. The molecule has 3 aromatic carbocycles. The second-order valence-corrected chi connectivity index (χ2v) is 12.9. The van der Waals surface area contributed by atoms with E-state index in [-0.39, 0.29) is 23.3 Å². The minimum absolute atomic E-state index is 0.0517. The molecule has 0 saturated carbocycles. The summed E-state index contributed by atoms with van der Waals surface area (Å²) in [6.07, 6.45) is 0. The van der Waals surface area contributed by atoms with Crippen LogP contribution < -0.4 is 9.62 Å². The fourth-order valence-electron chi connectivity index (χ4n) is 4.04. The van der Waals surface area contributed by atoms with Crippen molar-refractivity contribution < 1.29 is 18.0 Å². The maximum atomic E-state index is 14.0. The second kappa shape index (κ2) is 13.5. The van der Waals surface area contributed by atoms with Gasteiger partial charge in [-0.05, 0) is 68.7 Å². The standard InChI is InChI=1S/C30H35Cl2N3O4S/c1-20(2)17-33-30(37)23(5)34(18-26-27(31)10-7-11-28(26)32)29(36)19-35(24-9-6-8-22(4)16-24)40(38,39)25-14-12-21(3)13-15-25/h6-16,20,23H,17-19H2,1-5H3,(H,33,37). The van der Waals surface area contributed by atoms with E-state index in [9.17, 15) is 18.0 Å². The second-order valence-electron chi connectivity index (χ2n) is 10.2. The van der Waals surface area contributed by atoms with Crippen LogP contribution in [0.1, 0.15) is 37.5 Å². The third-order valence-electron chi connectivity index (χ3n) is 6.42.